The SMILES string of the molecule is CN(C)[C@]1(c2ccccc2)CC[C@@]2(CC1)CN(Cc1cccc(Br)c1)C(=O)N2CC1CCC1. The molecule has 33 heavy (non-hydrogen) atoms. The van der Waals surface area contributed by atoms with Gasteiger partial charge in [0.25, 0.3) is 0 Å². The van der Waals surface area contributed by atoms with E-state index in [1.807, 2.05) is 6.07 Å². The van der Waals surface area contributed by atoms with Crippen LogP contribution in [-0.2, 0) is 12.1 Å². The fraction of sp³-hybridized carbons (Fsp3) is 0.536. The van der Waals surface area contributed by atoms with Crippen molar-refractivity contribution in [1.29, 1.82) is 0 Å². The molecule has 5 rings (SSSR count). The van der Waals surface area contributed by atoms with E-state index in [2.05, 4.69) is 93.3 Å². The highest BCUT2D eigenvalue weighted by atomic mass is 79.9. The lowest BCUT2D eigenvalue weighted by molar-refractivity contribution is 0.0159. The summed E-state index contributed by atoms with van der Waals surface area (Å²) < 4.78 is 1.07. The van der Waals surface area contributed by atoms with Crippen molar-refractivity contribution in [3.8, 4) is 0 Å². The van der Waals surface area contributed by atoms with E-state index in [9.17, 15) is 4.79 Å². The summed E-state index contributed by atoms with van der Waals surface area (Å²) in [4.78, 5) is 20.6. The van der Waals surface area contributed by atoms with Crippen LogP contribution in [-0.4, -0.2) is 53.5 Å². The van der Waals surface area contributed by atoms with Gasteiger partial charge in [-0.1, -0.05) is 64.8 Å². The zero-order valence-corrected chi connectivity index (χ0v) is 21.6. The Hall–Kier alpha value is -1.85. The van der Waals surface area contributed by atoms with E-state index < -0.39 is 0 Å². The Kier molecular flexibility index (Phi) is 6.30. The number of benzene rings is 2. The maximum absolute atomic E-state index is 13.7. The Morgan fingerprint density at radius 1 is 1.00 bits per heavy atom. The molecule has 1 aliphatic heterocycles. The average molecular weight is 511 g/mol. The van der Waals surface area contributed by atoms with Crippen molar-refractivity contribution in [3.05, 3.63) is 70.2 Å². The molecule has 176 valence electrons. The van der Waals surface area contributed by atoms with Crippen molar-refractivity contribution in [1.82, 2.24) is 14.7 Å². The second kappa shape index (κ2) is 9.07. The number of rotatable bonds is 6. The summed E-state index contributed by atoms with van der Waals surface area (Å²) in [7, 11) is 4.44. The van der Waals surface area contributed by atoms with Crippen molar-refractivity contribution in [2.75, 3.05) is 27.2 Å². The number of halogens is 1. The van der Waals surface area contributed by atoms with E-state index >= 15 is 0 Å². The first kappa shape index (κ1) is 22.9. The van der Waals surface area contributed by atoms with Gasteiger partial charge in [-0.25, -0.2) is 4.79 Å². The monoisotopic (exact) mass is 509 g/mol. The number of carbonyl (C=O) groups excluding carboxylic acids is 1. The Morgan fingerprint density at radius 2 is 1.73 bits per heavy atom. The van der Waals surface area contributed by atoms with Gasteiger partial charge in [-0.3, -0.25) is 4.90 Å². The summed E-state index contributed by atoms with van der Waals surface area (Å²) in [5.41, 5.74) is 2.62. The molecule has 1 saturated heterocycles. The van der Waals surface area contributed by atoms with Crippen molar-refractivity contribution in [2.24, 2.45) is 5.92 Å². The van der Waals surface area contributed by atoms with E-state index in [1.54, 1.807) is 0 Å². The first-order chi connectivity index (χ1) is 15.9. The number of amides is 2. The van der Waals surface area contributed by atoms with E-state index in [0.29, 0.717) is 12.5 Å². The molecule has 2 aromatic carbocycles. The van der Waals surface area contributed by atoms with Gasteiger partial charge in [0.1, 0.15) is 0 Å². The first-order valence-corrected chi connectivity index (χ1v) is 13.3. The standard InChI is InChI=1S/C28H36BrN3O/c1-30(2)28(24-11-4-3-5-12-24)16-14-27(15-17-28)21-31(19-23-10-7-13-25(29)18-23)26(33)32(27)20-22-8-6-9-22/h3-5,7,10-13,18,22H,6,8-9,14-17,19-21H2,1-2H3/t27-,28-. The molecular weight excluding hydrogens is 474 g/mol. The molecule has 2 aromatic rings. The Labute approximate surface area is 207 Å². The Bertz CT molecular complexity index is 980. The zero-order valence-electron chi connectivity index (χ0n) is 20.0. The zero-order chi connectivity index (χ0) is 23.1. The second-order valence-electron chi connectivity index (χ2n) is 10.7. The molecule has 0 N–H and O–H groups in total. The van der Waals surface area contributed by atoms with Crippen LogP contribution in [0.4, 0.5) is 4.79 Å². The van der Waals surface area contributed by atoms with Gasteiger partial charge in [0.05, 0.1) is 5.54 Å². The van der Waals surface area contributed by atoms with Crippen LogP contribution < -0.4 is 0 Å². The van der Waals surface area contributed by atoms with Gasteiger partial charge >= 0.3 is 6.03 Å². The van der Waals surface area contributed by atoms with Crippen LogP contribution in [0.25, 0.3) is 0 Å². The maximum Gasteiger partial charge on any atom is 0.320 e. The first-order valence-electron chi connectivity index (χ1n) is 12.5. The van der Waals surface area contributed by atoms with Crippen molar-refractivity contribution >= 4 is 22.0 Å². The maximum atomic E-state index is 13.7. The van der Waals surface area contributed by atoms with Crippen LogP contribution >= 0.6 is 15.9 Å². The minimum atomic E-state index is -0.0347. The fourth-order valence-electron chi connectivity index (χ4n) is 6.37. The van der Waals surface area contributed by atoms with E-state index in [-0.39, 0.29) is 17.1 Å². The van der Waals surface area contributed by atoms with Crippen LogP contribution in [0.15, 0.2) is 59.1 Å². The molecule has 0 atom stereocenters. The lowest BCUT2D eigenvalue weighted by Crippen LogP contribution is -2.56. The Morgan fingerprint density at radius 3 is 2.33 bits per heavy atom. The lowest BCUT2D eigenvalue weighted by atomic mass is 9.68. The highest BCUT2D eigenvalue weighted by molar-refractivity contribution is 9.10. The summed E-state index contributed by atoms with van der Waals surface area (Å²) in [6.45, 7) is 2.48. The van der Waals surface area contributed by atoms with Crippen molar-refractivity contribution in [2.45, 2.75) is 62.6 Å². The summed E-state index contributed by atoms with van der Waals surface area (Å²) in [6.07, 6.45) is 8.17. The third-order valence-electron chi connectivity index (χ3n) is 8.66. The van der Waals surface area contributed by atoms with E-state index in [4.69, 9.17) is 0 Å². The second-order valence-corrected chi connectivity index (χ2v) is 11.6. The topological polar surface area (TPSA) is 26.8 Å². The van der Waals surface area contributed by atoms with Gasteiger partial charge in [0.2, 0.25) is 0 Å². The molecule has 2 amide bonds. The number of urea groups is 1. The molecular formula is C28H36BrN3O. The molecule has 0 radical (unpaired) electrons. The van der Waals surface area contributed by atoms with Gasteiger partial charge in [-0.05, 0) is 81.8 Å². The van der Waals surface area contributed by atoms with Crippen molar-refractivity contribution in [3.63, 3.8) is 0 Å². The summed E-state index contributed by atoms with van der Waals surface area (Å²) in [5, 5.41) is 0. The smallest absolute Gasteiger partial charge is 0.318 e. The molecule has 0 aromatic heterocycles. The molecule has 2 aliphatic carbocycles. The summed E-state index contributed by atoms with van der Waals surface area (Å²) in [6, 6.07) is 19.6. The summed E-state index contributed by atoms with van der Waals surface area (Å²) >= 11 is 3.59. The predicted molar refractivity (Wildman–Crippen MR) is 137 cm³/mol. The normalized spacial score (nSPS) is 28.1. The van der Waals surface area contributed by atoms with Crippen molar-refractivity contribution < 1.29 is 4.79 Å². The van der Waals surface area contributed by atoms with Gasteiger partial charge in [0, 0.05) is 29.6 Å². The Balaban J connectivity index is 1.40. The molecule has 4 nitrogen and oxygen atoms in total. The highest BCUT2D eigenvalue weighted by Gasteiger charge is 2.54. The molecule has 0 bridgehead atoms. The third-order valence-corrected chi connectivity index (χ3v) is 9.16. The predicted octanol–water partition coefficient (Wildman–Crippen LogP) is 6.26. The fourth-order valence-corrected chi connectivity index (χ4v) is 6.81. The minimum absolute atomic E-state index is 0.0347. The van der Waals surface area contributed by atoms with Crippen LogP contribution in [0.2, 0.25) is 0 Å². The molecule has 0 unspecified atom stereocenters. The summed E-state index contributed by atoms with van der Waals surface area (Å²) in [5.74, 6) is 0.686. The van der Waals surface area contributed by atoms with Gasteiger partial charge in [-0.15, -0.1) is 0 Å². The quantitative estimate of drug-likeness (QED) is 0.459. The number of hydrogen-bond acceptors (Lipinski definition) is 2. The number of nitrogens with zero attached hydrogens (tertiary/aromatic N) is 3. The average Bonchev–Trinajstić information content (AvgIpc) is 3.02. The van der Waals surface area contributed by atoms with E-state index in [1.165, 1.54) is 30.4 Å². The molecule has 1 spiro atoms. The van der Waals surface area contributed by atoms with Crippen LogP contribution in [0.3, 0.4) is 0 Å². The third kappa shape index (κ3) is 4.23. The molecule has 3 fully saturated rings. The number of carbonyl (C=O) groups is 1. The molecule has 2 saturated carbocycles. The van der Waals surface area contributed by atoms with Crippen LogP contribution in [0.5, 0.6) is 0 Å². The van der Waals surface area contributed by atoms with Gasteiger partial charge in [-0.2, -0.15) is 0 Å². The lowest BCUT2D eigenvalue weighted by Gasteiger charge is -2.51. The van der Waals surface area contributed by atoms with E-state index in [0.717, 1.165) is 43.2 Å². The molecule has 5 heteroatoms. The molecule has 1 heterocycles. The largest absolute Gasteiger partial charge is 0.320 e. The number of hydrogen-bond donors (Lipinski definition) is 0. The minimum Gasteiger partial charge on any atom is -0.318 e. The van der Waals surface area contributed by atoms with Crippen LogP contribution in [0.1, 0.15) is 56.1 Å². The van der Waals surface area contributed by atoms with Gasteiger partial charge in [0.15, 0.2) is 0 Å². The molecule has 3 aliphatic rings. The van der Waals surface area contributed by atoms with Crippen LogP contribution in [0, 0.1) is 5.92 Å². The van der Waals surface area contributed by atoms with Gasteiger partial charge < -0.3 is 9.80 Å². The highest BCUT2D eigenvalue weighted by Crippen LogP contribution is 2.49.